The molecule has 1 aromatic heterocycles. The van der Waals surface area contributed by atoms with E-state index in [-0.39, 0.29) is 24.2 Å². The molecule has 1 fully saturated rings. The van der Waals surface area contributed by atoms with Gasteiger partial charge in [0.25, 0.3) is 11.8 Å². The second-order valence-electron chi connectivity index (χ2n) is 8.21. The van der Waals surface area contributed by atoms with E-state index in [2.05, 4.69) is 5.32 Å². The summed E-state index contributed by atoms with van der Waals surface area (Å²) in [5.74, 6) is 1.27. The second-order valence-corrected chi connectivity index (χ2v) is 8.21. The number of carbonyl (C=O) groups excluding carboxylic acids is 2. The predicted octanol–water partition coefficient (Wildman–Crippen LogP) is 5.35. The third kappa shape index (κ3) is 5.19. The topological polar surface area (TPSA) is 71.8 Å². The summed E-state index contributed by atoms with van der Waals surface area (Å²) in [5, 5.41) is 2.81. The fourth-order valence-corrected chi connectivity index (χ4v) is 3.76. The van der Waals surface area contributed by atoms with E-state index in [1.807, 2.05) is 36.9 Å². The Morgan fingerprint density at radius 2 is 1.72 bits per heavy atom. The molecule has 0 bridgehead atoms. The van der Waals surface area contributed by atoms with Crippen LogP contribution in [-0.2, 0) is 6.61 Å². The number of amides is 2. The highest BCUT2D eigenvalue weighted by atomic mass is 16.5. The number of rotatable bonds is 6. The Balaban J connectivity index is 1.33. The van der Waals surface area contributed by atoms with E-state index in [0.29, 0.717) is 17.0 Å². The first-order valence-corrected chi connectivity index (χ1v) is 11.0. The van der Waals surface area contributed by atoms with Crippen LogP contribution in [0.4, 0.5) is 5.69 Å². The zero-order valence-electron chi connectivity index (χ0n) is 18.5. The number of carbonyl (C=O) groups is 2. The molecule has 2 amide bonds. The maximum absolute atomic E-state index is 12.6. The maximum Gasteiger partial charge on any atom is 0.291 e. The molecular formula is C26H28N2O4. The summed E-state index contributed by atoms with van der Waals surface area (Å²) in [7, 11) is 0. The normalized spacial score (nSPS) is 13.6. The van der Waals surface area contributed by atoms with E-state index in [0.717, 1.165) is 42.8 Å². The Morgan fingerprint density at radius 3 is 2.47 bits per heavy atom. The number of nitrogens with one attached hydrogen (secondary N) is 1. The van der Waals surface area contributed by atoms with Gasteiger partial charge in [0, 0.05) is 24.3 Å². The van der Waals surface area contributed by atoms with E-state index in [9.17, 15) is 9.59 Å². The summed E-state index contributed by atoms with van der Waals surface area (Å²) < 4.78 is 11.5. The molecule has 32 heavy (non-hydrogen) atoms. The largest absolute Gasteiger partial charge is 0.485 e. The van der Waals surface area contributed by atoms with Gasteiger partial charge in [-0.05, 0) is 86.7 Å². The maximum atomic E-state index is 12.6. The van der Waals surface area contributed by atoms with Crippen molar-refractivity contribution in [3.05, 3.63) is 82.8 Å². The third-order valence-corrected chi connectivity index (χ3v) is 5.63. The second kappa shape index (κ2) is 9.73. The smallest absolute Gasteiger partial charge is 0.291 e. The summed E-state index contributed by atoms with van der Waals surface area (Å²) in [6, 6.07) is 16.4. The number of nitrogens with zero attached hydrogens (tertiary/aromatic N) is 1. The van der Waals surface area contributed by atoms with Gasteiger partial charge in [0.2, 0.25) is 0 Å². The predicted molar refractivity (Wildman–Crippen MR) is 123 cm³/mol. The minimum atomic E-state index is -0.349. The van der Waals surface area contributed by atoms with Crippen LogP contribution in [0.3, 0.4) is 0 Å². The SMILES string of the molecule is Cc1ccc(C)c(OCc2ccc(C(=O)Nc3ccc(C(=O)N4CCCCC4)cc3)o2)c1. The van der Waals surface area contributed by atoms with Gasteiger partial charge in [0.1, 0.15) is 18.1 Å². The molecular weight excluding hydrogens is 404 g/mol. The van der Waals surface area contributed by atoms with Gasteiger partial charge in [0.05, 0.1) is 0 Å². The number of ether oxygens (including phenoxy) is 1. The highest BCUT2D eigenvalue weighted by Gasteiger charge is 2.18. The van der Waals surface area contributed by atoms with Gasteiger partial charge in [-0.2, -0.15) is 0 Å². The van der Waals surface area contributed by atoms with Crippen LogP contribution in [0.15, 0.2) is 59.0 Å². The lowest BCUT2D eigenvalue weighted by atomic mass is 10.1. The van der Waals surface area contributed by atoms with Crippen molar-refractivity contribution in [3.63, 3.8) is 0 Å². The first kappa shape index (κ1) is 21.7. The molecule has 0 aliphatic carbocycles. The molecule has 1 aliphatic heterocycles. The van der Waals surface area contributed by atoms with Crippen molar-refractivity contribution in [1.29, 1.82) is 0 Å². The third-order valence-electron chi connectivity index (χ3n) is 5.63. The molecule has 0 unspecified atom stereocenters. The molecule has 1 aliphatic rings. The lowest BCUT2D eigenvalue weighted by Crippen LogP contribution is -2.35. The zero-order chi connectivity index (χ0) is 22.5. The molecule has 1 N–H and O–H groups in total. The van der Waals surface area contributed by atoms with Crippen LogP contribution in [0.2, 0.25) is 0 Å². The lowest BCUT2D eigenvalue weighted by molar-refractivity contribution is 0.0724. The summed E-state index contributed by atoms with van der Waals surface area (Å²) in [6.07, 6.45) is 3.29. The van der Waals surface area contributed by atoms with E-state index >= 15 is 0 Å². The van der Waals surface area contributed by atoms with Gasteiger partial charge in [-0.15, -0.1) is 0 Å². The van der Waals surface area contributed by atoms with Crippen LogP contribution in [-0.4, -0.2) is 29.8 Å². The van der Waals surface area contributed by atoms with Gasteiger partial charge in [-0.25, -0.2) is 0 Å². The highest BCUT2D eigenvalue weighted by Crippen LogP contribution is 2.21. The van der Waals surface area contributed by atoms with Gasteiger partial charge in [-0.3, -0.25) is 9.59 Å². The van der Waals surface area contributed by atoms with Crippen LogP contribution < -0.4 is 10.1 Å². The number of benzene rings is 2. The van der Waals surface area contributed by atoms with Crippen molar-refractivity contribution in [2.75, 3.05) is 18.4 Å². The van der Waals surface area contributed by atoms with Crippen LogP contribution in [0.1, 0.15) is 57.1 Å². The van der Waals surface area contributed by atoms with Crippen LogP contribution >= 0.6 is 0 Å². The molecule has 166 valence electrons. The number of likely N-dealkylation sites (tertiary alicyclic amines) is 1. The molecule has 0 spiro atoms. The van der Waals surface area contributed by atoms with Crippen LogP contribution in [0.25, 0.3) is 0 Å². The van der Waals surface area contributed by atoms with Crippen molar-refractivity contribution < 1.29 is 18.7 Å². The Labute approximate surface area is 188 Å². The van der Waals surface area contributed by atoms with E-state index in [1.54, 1.807) is 36.4 Å². The summed E-state index contributed by atoms with van der Waals surface area (Å²) in [6.45, 7) is 5.86. The van der Waals surface area contributed by atoms with Crippen molar-refractivity contribution in [2.45, 2.75) is 39.7 Å². The van der Waals surface area contributed by atoms with Gasteiger partial charge < -0.3 is 19.4 Å². The van der Waals surface area contributed by atoms with E-state index < -0.39 is 0 Å². The quantitative estimate of drug-likeness (QED) is 0.570. The standard InChI is InChI=1S/C26H28N2O4/c1-18-6-7-19(2)24(16-18)31-17-22-12-13-23(32-22)25(29)27-21-10-8-20(9-11-21)26(30)28-14-4-3-5-15-28/h6-13,16H,3-5,14-15,17H2,1-2H3,(H,27,29). The number of anilines is 1. The van der Waals surface area contributed by atoms with Crippen LogP contribution in [0.5, 0.6) is 5.75 Å². The number of furan rings is 1. The molecule has 6 nitrogen and oxygen atoms in total. The average molecular weight is 433 g/mol. The van der Waals surface area contributed by atoms with Crippen molar-refractivity contribution in [3.8, 4) is 5.75 Å². The lowest BCUT2D eigenvalue weighted by Gasteiger charge is -2.26. The van der Waals surface area contributed by atoms with E-state index in [4.69, 9.17) is 9.15 Å². The number of piperidine rings is 1. The Morgan fingerprint density at radius 1 is 0.969 bits per heavy atom. The molecule has 3 aromatic rings. The Bertz CT molecular complexity index is 1100. The fraction of sp³-hybridized carbons (Fsp3) is 0.308. The molecule has 0 saturated carbocycles. The molecule has 4 rings (SSSR count). The highest BCUT2D eigenvalue weighted by molar-refractivity contribution is 6.02. The average Bonchev–Trinajstić information content (AvgIpc) is 3.29. The minimum Gasteiger partial charge on any atom is -0.485 e. The number of hydrogen-bond acceptors (Lipinski definition) is 4. The molecule has 0 radical (unpaired) electrons. The molecule has 1 saturated heterocycles. The van der Waals surface area contributed by atoms with Gasteiger partial charge in [0.15, 0.2) is 5.76 Å². The molecule has 2 heterocycles. The van der Waals surface area contributed by atoms with Gasteiger partial charge in [-0.1, -0.05) is 12.1 Å². The Hall–Kier alpha value is -3.54. The van der Waals surface area contributed by atoms with Crippen molar-refractivity contribution >= 4 is 17.5 Å². The Kier molecular flexibility index (Phi) is 6.59. The first-order valence-electron chi connectivity index (χ1n) is 11.0. The molecule has 0 atom stereocenters. The van der Waals surface area contributed by atoms with Gasteiger partial charge >= 0.3 is 0 Å². The fourth-order valence-electron chi connectivity index (χ4n) is 3.76. The zero-order valence-corrected chi connectivity index (χ0v) is 18.5. The number of aryl methyl sites for hydroxylation is 2. The monoisotopic (exact) mass is 432 g/mol. The van der Waals surface area contributed by atoms with Crippen LogP contribution in [0, 0.1) is 13.8 Å². The molecule has 6 heteroatoms. The first-order chi connectivity index (χ1) is 15.5. The summed E-state index contributed by atoms with van der Waals surface area (Å²) >= 11 is 0. The summed E-state index contributed by atoms with van der Waals surface area (Å²) in [5.41, 5.74) is 3.40. The molecule has 2 aromatic carbocycles. The van der Waals surface area contributed by atoms with E-state index in [1.165, 1.54) is 6.42 Å². The van der Waals surface area contributed by atoms with Crippen molar-refractivity contribution in [1.82, 2.24) is 4.90 Å². The minimum absolute atomic E-state index is 0.0436. The number of hydrogen-bond donors (Lipinski definition) is 1. The summed E-state index contributed by atoms with van der Waals surface area (Å²) in [4.78, 5) is 27.0. The van der Waals surface area contributed by atoms with Crippen molar-refractivity contribution in [2.24, 2.45) is 0 Å².